The number of carbonyl (C=O) groups is 1. The zero-order chi connectivity index (χ0) is 16.5. The number of nitrogens with zero attached hydrogens (tertiary/aromatic N) is 1. The molecule has 1 unspecified atom stereocenters. The van der Waals surface area contributed by atoms with Crippen LogP contribution in [0, 0.1) is 5.92 Å². The third-order valence-corrected chi connectivity index (χ3v) is 4.55. The second-order valence-electron chi connectivity index (χ2n) is 6.31. The Kier molecular flexibility index (Phi) is 12.9. The first kappa shape index (κ1) is 24.1. The Morgan fingerprint density at radius 1 is 1.28 bits per heavy atom. The Morgan fingerprint density at radius 3 is 2.48 bits per heavy atom. The Hall–Kier alpha value is -0.850. The van der Waals surface area contributed by atoms with Gasteiger partial charge in [0.15, 0.2) is 0 Å². The lowest BCUT2D eigenvalue weighted by molar-refractivity contribution is -0.123. The van der Waals surface area contributed by atoms with Crippen molar-refractivity contribution in [3.8, 4) is 0 Å². The van der Waals surface area contributed by atoms with Crippen molar-refractivity contribution in [2.45, 2.75) is 31.9 Å². The van der Waals surface area contributed by atoms with E-state index in [2.05, 4.69) is 40.5 Å². The van der Waals surface area contributed by atoms with Crippen molar-refractivity contribution in [2.75, 3.05) is 33.3 Å². The van der Waals surface area contributed by atoms with Crippen molar-refractivity contribution in [1.82, 2.24) is 10.2 Å². The number of likely N-dealkylation sites (tertiary alicyclic amines) is 1. The summed E-state index contributed by atoms with van der Waals surface area (Å²) in [7, 11) is 1.59. The molecule has 1 aliphatic rings. The van der Waals surface area contributed by atoms with Gasteiger partial charge in [-0.1, -0.05) is 30.3 Å². The summed E-state index contributed by atoms with van der Waals surface area (Å²) >= 11 is 0. The Bertz CT molecular complexity index is 465. The summed E-state index contributed by atoms with van der Waals surface area (Å²) in [6.07, 6.45) is 2.44. The molecule has 5 nitrogen and oxygen atoms in total. The first-order valence-corrected chi connectivity index (χ1v) is 8.47. The molecule has 1 saturated heterocycles. The van der Waals surface area contributed by atoms with Crippen molar-refractivity contribution in [2.24, 2.45) is 11.7 Å². The number of benzene rings is 1. The van der Waals surface area contributed by atoms with Crippen LogP contribution in [0.4, 0.5) is 0 Å². The van der Waals surface area contributed by atoms with Crippen LogP contribution in [0.25, 0.3) is 0 Å². The number of halogens is 2. The van der Waals surface area contributed by atoms with Gasteiger partial charge in [0.2, 0.25) is 5.91 Å². The quantitative estimate of drug-likeness (QED) is 0.712. The number of nitrogens with two attached hydrogens (primary N) is 1. The molecule has 1 atom stereocenters. The lowest BCUT2D eigenvalue weighted by atomic mass is 9.96. The van der Waals surface area contributed by atoms with Crippen LogP contribution in [0.5, 0.6) is 0 Å². The zero-order valence-electron chi connectivity index (χ0n) is 14.9. The fourth-order valence-corrected chi connectivity index (χ4v) is 2.99. The van der Waals surface area contributed by atoms with Gasteiger partial charge >= 0.3 is 0 Å². The minimum absolute atomic E-state index is 0. The van der Waals surface area contributed by atoms with Gasteiger partial charge in [0, 0.05) is 26.7 Å². The van der Waals surface area contributed by atoms with E-state index in [4.69, 9.17) is 10.5 Å². The topological polar surface area (TPSA) is 67.6 Å². The maximum Gasteiger partial charge on any atom is 0.222 e. The first-order chi connectivity index (χ1) is 11.2. The molecule has 1 fully saturated rings. The van der Waals surface area contributed by atoms with Crippen molar-refractivity contribution < 1.29 is 9.53 Å². The SMILES string of the molecule is COC(CN)CC(=O)NCC1CCN(Cc2ccccc2)CC1.Cl.Cl. The van der Waals surface area contributed by atoms with Crippen LogP contribution in [0.1, 0.15) is 24.8 Å². The number of piperidine rings is 1. The summed E-state index contributed by atoms with van der Waals surface area (Å²) in [6, 6.07) is 10.6. The van der Waals surface area contributed by atoms with Crippen LogP contribution >= 0.6 is 24.8 Å². The minimum Gasteiger partial charge on any atom is -0.380 e. The van der Waals surface area contributed by atoms with E-state index in [1.807, 2.05) is 0 Å². The molecule has 144 valence electrons. The predicted octanol–water partition coefficient (Wildman–Crippen LogP) is 2.22. The molecule has 1 amide bonds. The van der Waals surface area contributed by atoms with Gasteiger partial charge in [-0.2, -0.15) is 0 Å². The van der Waals surface area contributed by atoms with E-state index in [-0.39, 0.29) is 36.8 Å². The molecule has 7 heteroatoms. The van der Waals surface area contributed by atoms with Gasteiger partial charge in [0.05, 0.1) is 12.5 Å². The van der Waals surface area contributed by atoms with Crippen molar-refractivity contribution in [3.63, 3.8) is 0 Å². The smallest absolute Gasteiger partial charge is 0.222 e. The Balaban J connectivity index is 0.00000288. The number of carbonyl (C=O) groups excluding carboxylic acids is 1. The van der Waals surface area contributed by atoms with Gasteiger partial charge < -0.3 is 15.8 Å². The zero-order valence-corrected chi connectivity index (χ0v) is 16.5. The highest BCUT2D eigenvalue weighted by atomic mass is 35.5. The molecule has 0 radical (unpaired) electrons. The molecular weight excluding hydrogens is 361 g/mol. The second kappa shape index (κ2) is 13.4. The van der Waals surface area contributed by atoms with E-state index < -0.39 is 0 Å². The fourth-order valence-electron chi connectivity index (χ4n) is 2.99. The van der Waals surface area contributed by atoms with Crippen LogP contribution in [-0.4, -0.2) is 50.2 Å². The molecule has 0 saturated carbocycles. The second-order valence-corrected chi connectivity index (χ2v) is 6.31. The van der Waals surface area contributed by atoms with Crippen LogP contribution < -0.4 is 11.1 Å². The van der Waals surface area contributed by atoms with E-state index in [1.165, 1.54) is 5.56 Å². The molecule has 3 N–H and O–H groups in total. The molecule has 2 rings (SSSR count). The molecule has 1 aromatic rings. The summed E-state index contributed by atoms with van der Waals surface area (Å²) in [6.45, 7) is 4.35. The van der Waals surface area contributed by atoms with Gasteiger partial charge in [0.1, 0.15) is 0 Å². The molecule has 25 heavy (non-hydrogen) atoms. The predicted molar refractivity (Wildman–Crippen MR) is 106 cm³/mol. The minimum atomic E-state index is -0.178. The van der Waals surface area contributed by atoms with Gasteiger partial charge in [-0.25, -0.2) is 0 Å². The van der Waals surface area contributed by atoms with Gasteiger partial charge in [-0.15, -0.1) is 24.8 Å². The highest BCUT2D eigenvalue weighted by Gasteiger charge is 2.20. The first-order valence-electron chi connectivity index (χ1n) is 8.47. The number of ether oxygens (including phenoxy) is 1. The van der Waals surface area contributed by atoms with Crippen molar-refractivity contribution in [3.05, 3.63) is 35.9 Å². The van der Waals surface area contributed by atoms with E-state index in [0.29, 0.717) is 18.9 Å². The lowest BCUT2D eigenvalue weighted by Crippen LogP contribution is -2.39. The van der Waals surface area contributed by atoms with Gasteiger partial charge in [0.25, 0.3) is 0 Å². The molecule has 0 aromatic heterocycles. The normalized spacial score (nSPS) is 16.4. The average Bonchev–Trinajstić information content (AvgIpc) is 2.60. The maximum atomic E-state index is 11.9. The summed E-state index contributed by atoms with van der Waals surface area (Å²) in [5.41, 5.74) is 6.91. The van der Waals surface area contributed by atoms with Crippen molar-refractivity contribution >= 4 is 30.7 Å². The standard InChI is InChI=1S/C18H29N3O2.2ClH/c1-23-17(12-19)11-18(22)20-13-15-7-9-21(10-8-15)14-16-5-3-2-4-6-16;;/h2-6,15,17H,7-14,19H2,1H3,(H,20,22);2*1H. The number of hydrogen-bond acceptors (Lipinski definition) is 4. The third-order valence-electron chi connectivity index (χ3n) is 4.55. The molecule has 1 aliphatic heterocycles. The number of nitrogens with one attached hydrogen (secondary N) is 1. The molecule has 0 aliphatic carbocycles. The number of rotatable bonds is 8. The van der Waals surface area contributed by atoms with Crippen LogP contribution in [-0.2, 0) is 16.1 Å². The van der Waals surface area contributed by atoms with Crippen LogP contribution in [0.15, 0.2) is 30.3 Å². The molecule has 1 heterocycles. The van der Waals surface area contributed by atoms with E-state index in [0.717, 1.165) is 39.0 Å². The summed E-state index contributed by atoms with van der Waals surface area (Å²) in [4.78, 5) is 14.4. The fraction of sp³-hybridized carbons (Fsp3) is 0.611. The Morgan fingerprint density at radius 2 is 1.92 bits per heavy atom. The molecular formula is C18H31Cl2N3O2. The summed E-state index contributed by atoms with van der Waals surface area (Å²) < 4.78 is 5.14. The van der Waals surface area contributed by atoms with Gasteiger partial charge in [-0.05, 0) is 37.4 Å². The highest BCUT2D eigenvalue weighted by molar-refractivity contribution is 5.85. The Labute approximate surface area is 163 Å². The maximum absolute atomic E-state index is 11.9. The van der Waals surface area contributed by atoms with E-state index >= 15 is 0 Å². The molecule has 0 bridgehead atoms. The largest absolute Gasteiger partial charge is 0.380 e. The number of hydrogen-bond donors (Lipinski definition) is 2. The summed E-state index contributed by atoms with van der Waals surface area (Å²) in [5.74, 6) is 0.610. The molecule has 0 spiro atoms. The number of amides is 1. The lowest BCUT2D eigenvalue weighted by Gasteiger charge is -2.32. The summed E-state index contributed by atoms with van der Waals surface area (Å²) in [5, 5.41) is 3.02. The highest BCUT2D eigenvalue weighted by Crippen LogP contribution is 2.18. The third kappa shape index (κ3) is 8.88. The van der Waals surface area contributed by atoms with Crippen LogP contribution in [0.2, 0.25) is 0 Å². The monoisotopic (exact) mass is 391 g/mol. The van der Waals surface area contributed by atoms with Crippen molar-refractivity contribution in [1.29, 1.82) is 0 Å². The average molecular weight is 392 g/mol. The molecule has 1 aromatic carbocycles. The van der Waals surface area contributed by atoms with E-state index in [1.54, 1.807) is 7.11 Å². The number of methoxy groups -OCH3 is 1. The van der Waals surface area contributed by atoms with E-state index in [9.17, 15) is 4.79 Å². The van der Waals surface area contributed by atoms with Gasteiger partial charge in [-0.3, -0.25) is 9.69 Å². The van der Waals surface area contributed by atoms with Crippen LogP contribution in [0.3, 0.4) is 0 Å².